The quantitative estimate of drug-likeness (QED) is 0.728. The van der Waals surface area contributed by atoms with Crippen LogP contribution in [0.2, 0.25) is 0 Å². The molecule has 0 fully saturated rings. The standard InChI is InChI=1S/C19H17FN4O2/c1-12-10-17(18(25)22-15-5-3-4-13(20)11-15)24-19(21-12)23-14-6-8-16(26-2)9-7-14/h3-11H,1-2H3,(H,22,25)(H,21,23,24). The Morgan fingerprint density at radius 2 is 1.81 bits per heavy atom. The van der Waals surface area contributed by atoms with Crippen molar-refractivity contribution in [2.75, 3.05) is 17.7 Å². The molecular formula is C19H17FN4O2. The molecule has 0 radical (unpaired) electrons. The number of anilines is 3. The lowest BCUT2D eigenvalue weighted by Gasteiger charge is -2.09. The van der Waals surface area contributed by atoms with Crippen molar-refractivity contribution in [1.82, 2.24) is 9.97 Å². The summed E-state index contributed by atoms with van der Waals surface area (Å²) in [5.74, 6) is 0.151. The summed E-state index contributed by atoms with van der Waals surface area (Å²) in [5, 5.41) is 5.67. The number of hydrogen-bond acceptors (Lipinski definition) is 5. The largest absolute Gasteiger partial charge is 0.497 e. The van der Waals surface area contributed by atoms with Crippen molar-refractivity contribution in [3.05, 3.63) is 71.8 Å². The maximum Gasteiger partial charge on any atom is 0.274 e. The van der Waals surface area contributed by atoms with E-state index in [4.69, 9.17) is 4.74 Å². The van der Waals surface area contributed by atoms with E-state index in [1.165, 1.54) is 18.2 Å². The fourth-order valence-electron chi connectivity index (χ4n) is 2.31. The van der Waals surface area contributed by atoms with E-state index >= 15 is 0 Å². The number of carbonyl (C=O) groups is 1. The molecule has 0 saturated carbocycles. The molecule has 0 unspecified atom stereocenters. The number of nitrogens with one attached hydrogen (secondary N) is 2. The normalized spacial score (nSPS) is 10.3. The molecule has 0 saturated heterocycles. The Balaban J connectivity index is 1.79. The number of amides is 1. The molecule has 7 heteroatoms. The second kappa shape index (κ2) is 7.60. The molecule has 0 aliphatic rings. The summed E-state index contributed by atoms with van der Waals surface area (Å²) < 4.78 is 18.4. The van der Waals surface area contributed by atoms with E-state index in [2.05, 4.69) is 20.6 Å². The van der Waals surface area contributed by atoms with Crippen LogP contribution in [0.1, 0.15) is 16.2 Å². The summed E-state index contributed by atoms with van der Waals surface area (Å²) in [5.41, 5.74) is 1.92. The van der Waals surface area contributed by atoms with Crippen LogP contribution in [0.5, 0.6) is 5.75 Å². The lowest BCUT2D eigenvalue weighted by Crippen LogP contribution is -2.15. The summed E-state index contributed by atoms with van der Waals surface area (Å²) in [7, 11) is 1.59. The molecule has 0 aliphatic carbocycles. The first-order chi connectivity index (χ1) is 12.5. The zero-order valence-corrected chi connectivity index (χ0v) is 14.3. The van der Waals surface area contributed by atoms with Crippen LogP contribution >= 0.6 is 0 Å². The first-order valence-electron chi connectivity index (χ1n) is 7.87. The van der Waals surface area contributed by atoms with Crippen molar-refractivity contribution in [2.24, 2.45) is 0 Å². The van der Waals surface area contributed by atoms with Gasteiger partial charge in [0.15, 0.2) is 0 Å². The van der Waals surface area contributed by atoms with Gasteiger partial charge in [0.2, 0.25) is 5.95 Å². The third-order valence-electron chi connectivity index (χ3n) is 3.52. The summed E-state index contributed by atoms with van der Waals surface area (Å²) in [6.07, 6.45) is 0. The first kappa shape index (κ1) is 17.3. The average Bonchev–Trinajstić information content (AvgIpc) is 2.62. The van der Waals surface area contributed by atoms with E-state index < -0.39 is 11.7 Å². The number of aromatic nitrogens is 2. The van der Waals surface area contributed by atoms with Gasteiger partial charge in [-0.25, -0.2) is 14.4 Å². The highest BCUT2D eigenvalue weighted by molar-refractivity contribution is 6.03. The zero-order chi connectivity index (χ0) is 18.5. The Hall–Kier alpha value is -3.48. The minimum Gasteiger partial charge on any atom is -0.497 e. The lowest BCUT2D eigenvalue weighted by atomic mass is 10.2. The van der Waals surface area contributed by atoms with Crippen LogP contribution in [0.3, 0.4) is 0 Å². The maximum atomic E-state index is 13.2. The number of benzene rings is 2. The molecule has 0 atom stereocenters. The van der Waals surface area contributed by atoms with Gasteiger partial charge in [-0.05, 0) is 55.5 Å². The molecule has 2 N–H and O–H groups in total. The smallest absolute Gasteiger partial charge is 0.274 e. The van der Waals surface area contributed by atoms with Crippen molar-refractivity contribution in [3.8, 4) is 5.75 Å². The van der Waals surface area contributed by atoms with E-state index in [9.17, 15) is 9.18 Å². The number of aryl methyl sites for hydroxylation is 1. The Bertz CT molecular complexity index is 929. The maximum absolute atomic E-state index is 13.2. The van der Waals surface area contributed by atoms with Crippen LogP contribution in [-0.2, 0) is 0 Å². The summed E-state index contributed by atoms with van der Waals surface area (Å²) in [4.78, 5) is 20.9. The number of rotatable bonds is 5. The summed E-state index contributed by atoms with van der Waals surface area (Å²) in [6.45, 7) is 1.76. The lowest BCUT2D eigenvalue weighted by molar-refractivity contribution is 0.102. The summed E-state index contributed by atoms with van der Waals surface area (Å²) >= 11 is 0. The number of halogens is 1. The number of carbonyl (C=O) groups excluding carboxylic acids is 1. The molecule has 1 amide bonds. The number of hydrogen-bond donors (Lipinski definition) is 2. The van der Waals surface area contributed by atoms with Gasteiger partial charge in [-0.2, -0.15) is 0 Å². The molecule has 132 valence electrons. The zero-order valence-electron chi connectivity index (χ0n) is 14.3. The molecule has 1 heterocycles. The van der Waals surface area contributed by atoms with E-state index in [0.717, 1.165) is 11.4 Å². The van der Waals surface area contributed by atoms with Gasteiger partial charge in [-0.1, -0.05) is 6.07 Å². The molecule has 26 heavy (non-hydrogen) atoms. The van der Waals surface area contributed by atoms with Crippen molar-refractivity contribution >= 4 is 23.2 Å². The number of nitrogens with zero attached hydrogens (tertiary/aromatic N) is 2. The minimum atomic E-state index is -0.445. The highest BCUT2D eigenvalue weighted by Crippen LogP contribution is 2.19. The van der Waals surface area contributed by atoms with E-state index in [1.54, 1.807) is 38.3 Å². The molecule has 0 bridgehead atoms. The van der Waals surface area contributed by atoms with Crippen LogP contribution in [0.15, 0.2) is 54.6 Å². The van der Waals surface area contributed by atoms with E-state index in [-0.39, 0.29) is 5.69 Å². The molecule has 0 spiro atoms. The van der Waals surface area contributed by atoms with Crippen LogP contribution in [0, 0.1) is 12.7 Å². The third kappa shape index (κ3) is 4.32. The first-order valence-corrected chi connectivity index (χ1v) is 7.87. The monoisotopic (exact) mass is 352 g/mol. The fourth-order valence-corrected chi connectivity index (χ4v) is 2.31. The topological polar surface area (TPSA) is 76.1 Å². The van der Waals surface area contributed by atoms with Gasteiger partial charge in [0, 0.05) is 17.1 Å². The highest BCUT2D eigenvalue weighted by atomic mass is 19.1. The predicted molar refractivity (Wildman–Crippen MR) is 97.4 cm³/mol. The third-order valence-corrected chi connectivity index (χ3v) is 3.52. The highest BCUT2D eigenvalue weighted by Gasteiger charge is 2.11. The Morgan fingerprint density at radius 3 is 2.50 bits per heavy atom. The van der Waals surface area contributed by atoms with Gasteiger partial charge in [-0.3, -0.25) is 4.79 Å². The van der Waals surface area contributed by atoms with Crippen molar-refractivity contribution in [2.45, 2.75) is 6.92 Å². The molecule has 0 aliphatic heterocycles. The van der Waals surface area contributed by atoms with Gasteiger partial charge >= 0.3 is 0 Å². The van der Waals surface area contributed by atoms with Crippen LogP contribution in [-0.4, -0.2) is 23.0 Å². The van der Waals surface area contributed by atoms with Crippen LogP contribution in [0.4, 0.5) is 21.7 Å². The molecule has 2 aromatic carbocycles. The van der Waals surface area contributed by atoms with E-state index in [1.807, 2.05) is 12.1 Å². The molecule has 3 rings (SSSR count). The molecule has 3 aromatic rings. The molecule has 6 nitrogen and oxygen atoms in total. The average molecular weight is 352 g/mol. The number of ether oxygens (including phenoxy) is 1. The van der Waals surface area contributed by atoms with Gasteiger partial charge < -0.3 is 15.4 Å². The van der Waals surface area contributed by atoms with Crippen molar-refractivity contribution in [1.29, 1.82) is 0 Å². The van der Waals surface area contributed by atoms with Gasteiger partial charge in [0.05, 0.1) is 7.11 Å². The Kier molecular flexibility index (Phi) is 5.07. The van der Waals surface area contributed by atoms with Crippen molar-refractivity contribution < 1.29 is 13.9 Å². The van der Waals surface area contributed by atoms with Crippen molar-refractivity contribution in [3.63, 3.8) is 0 Å². The second-order valence-electron chi connectivity index (χ2n) is 5.54. The molecular weight excluding hydrogens is 335 g/mol. The summed E-state index contributed by atoms with van der Waals surface area (Å²) in [6, 6.07) is 14.5. The van der Waals surface area contributed by atoms with Gasteiger partial charge in [0.1, 0.15) is 17.3 Å². The van der Waals surface area contributed by atoms with E-state index in [0.29, 0.717) is 17.3 Å². The SMILES string of the molecule is COc1ccc(Nc2nc(C)cc(C(=O)Nc3cccc(F)c3)n2)cc1. The van der Waals surface area contributed by atoms with Gasteiger partial charge in [-0.15, -0.1) is 0 Å². The van der Waals surface area contributed by atoms with Crippen LogP contribution in [0.25, 0.3) is 0 Å². The Labute approximate surface area is 150 Å². The van der Waals surface area contributed by atoms with Gasteiger partial charge in [0.25, 0.3) is 5.91 Å². The Morgan fingerprint density at radius 1 is 1.04 bits per heavy atom. The number of methoxy groups -OCH3 is 1. The molecule has 1 aromatic heterocycles. The van der Waals surface area contributed by atoms with Crippen LogP contribution < -0.4 is 15.4 Å². The second-order valence-corrected chi connectivity index (χ2v) is 5.54. The fraction of sp³-hybridized carbons (Fsp3) is 0.105. The predicted octanol–water partition coefficient (Wildman–Crippen LogP) is 3.93. The minimum absolute atomic E-state index is 0.178.